The van der Waals surface area contributed by atoms with Gasteiger partial charge in [0, 0.05) is 30.6 Å². The molecular formula is C29H27NO6. The molecule has 0 aliphatic rings. The first-order valence-corrected chi connectivity index (χ1v) is 11.7. The van der Waals surface area contributed by atoms with E-state index in [0.29, 0.717) is 30.0 Å². The van der Waals surface area contributed by atoms with Crippen LogP contribution in [-0.2, 0) is 22.7 Å². The molecule has 0 saturated carbocycles. The van der Waals surface area contributed by atoms with Gasteiger partial charge < -0.3 is 18.8 Å². The van der Waals surface area contributed by atoms with Gasteiger partial charge in [-0.2, -0.15) is 0 Å². The molecule has 1 aromatic heterocycles. The predicted octanol–water partition coefficient (Wildman–Crippen LogP) is 4.89. The highest BCUT2D eigenvalue weighted by atomic mass is 16.5. The van der Waals surface area contributed by atoms with Gasteiger partial charge in [0.2, 0.25) is 0 Å². The molecule has 184 valence electrons. The molecule has 7 nitrogen and oxygen atoms in total. The molecular weight excluding hydrogens is 458 g/mol. The van der Waals surface area contributed by atoms with Crippen LogP contribution in [0.5, 0.6) is 5.75 Å². The maximum Gasteiger partial charge on any atom is 0.338 e. The number of carbonyl (C=O) groups is 2. The molecule has 0 aliphatic heterocycles. The zero-order chi connectivity index (χ0) is 25.5. The van der Waals surface area contributed by atoms with E-state index in [1.165, 1.54) is 6.07 Å². The quantitative estimate of drug-likeness (QED) is 0.248. The largest absolute Gasteiger partial charge is 0.489 e. The molecule has 0 atom stereocenters. The van der Waals surface area contributed by atoms with Gasteiger partial charge in [-0.15, -0.1) is 0 Å². The molecule has 4 aromatic rings. The van der Waals surface area contributed by atoms with Crippen LogP contribution in [0.3, 0.4) is 0 Å². The van der Waals surface area contributed by atoms with E-state index in [1.807, 2.05) is 56.3 Å². The van der Waals surface area contributed by atoms with Gasteiger partial charge in [0.05, 0.1) is 5.56 Å². The van der Waals surface area contributed by atoms with Gasteiger partial charge in [-0.25, -0.2) is 9.59 Å². The maximum absolute atomic E-state index is 12.5. The van der Waals surface area contributed by atoms with E-state index < -0.39 is 11.6 Å². The number of nitrogens with zero attached hydrogens (tertiary/aromatic N) is 1. The van der Waals surface area contributed by atoms with Crippen LogP contribution in [0.1, 0.15) is 34.0 Å². The summed E-state index contributed by atoms with van der Waals surface area (Å²) < 4.78 is 16.3. The van der Waals surface area contributed by atoms with E-state index in [0.717, 1.165) is 22.1 Å². The van der Waals surface area contributed by atoms with Gasteiger partial charge in [0.1, 0.15) is 17.9 Å². The summed E-state index contributed by atoms with van der Waals surface area (Å²) in [6, 6.07) is 23.3. The minimum Gasteiger partial charge on any atom is -0.489 e. The molecule has 1 heterocycles. The third kappa shape index (κ3) is 6.18. The van der Waals surface area contributed by atoms with Crippen molar-refractivity contribution >= 4 is 22.8 Å². The van der Waals surface area contributed by atoms with Crippen LogP contribution in [0.25, 0.3) is 11.0 Å². The zero-order valence-corrected chi connectivity index (χ0v) is 20.2. The lowest BCUT2D eigenvalue weighted by atomic mass is 10.1. The minimum absolute atomic E-state index is 0.249. The average Bonchev–Trinajstić information content (AvgIpc) is 2.89. The molecule has 0 saturated heterocycles. The van der Waals surface area contributed by atoms with E-state index in [1.54, 1.807) is 35.2 Å². The summed E-state index contributed by atoms with van der Waals surface area (Å²) in [4.78, 5) is 38.2. The number of amides is 1. The van der Waals surface area contributed by atoms with Gasteiger partial charge in [-0.3, -0.25) is 4.79 Å². The fraction of sp³-hybridized carbons (Fsp3) is 0.207. The van der Waals surface area contributed by atoms with Crippen LogP contribution in [0, 0.1) is 6.92 Å². The monoisotopic (exact) mass is 485 g/mol. The Labute approximate surface area is 208 Å². The second kappa shape index (κ2) is 11.4. The van der Waals surface area contributed by atoms with Crippen molar-refractivity contribution in [2.45, 2.75) is 27.0 Å². The van der Waals surface area contributed by atoms with Crippen molar-refractivity contribution in [3.8, 4) is 5.75 Å². The number of benzene rings is 3. The molecule has 1 amide bonds. The minimum atomic E-state index is -0.563. The summed E-state index contributed by atoms with van der Waals surface area (Å²) in [5.41, 5.74) is 3.11. The van der Waals surface area contributed by atoms with Crippen LogP contribution in [0.15, 0.2) is 88.1 Å². The van der Waals surface area contributed by atoms with E-state index in [2.05, 4.69) is 0 Å². The maximum atomic E-state index is 12.5. The molecule has 0 spiro atoms. The predicted molar refractivity (Wildman–Crippen MR) is 136 cm³/mol. The summed E-state index contributed by atoms with van der Waals surface area (Å²) in [6.45, 7) is 4.67. The number of carbonyl (C=O) groups excluding carboxylic acids is 2. The number of hydrogen-bond donors (Lipinski definition) is 0. The number of ether oxygens (including phenoxy) is 2. The van der Waals surface area contributed by atoms with Crippen LogP contribution >= 0.6 is 0 Å². The highest BCUT2D eigenvalue weighted by Crippen LogP contribution is 2.23. The van der Waals surface area contributed by atoms with Crippen molar-refractivity contribution in [2.75, 3.05) is 13.2 Å². The first-order valence-electron chi connectivity index (χ1n) is 11.7. The van der Waals surface area contributed by atoms with Crippen molar-refractivity contribution in [3.05, 3.63) is 112 Å². The van der Waals surface area contributed by atoms with Gasteiger partial charge in [0.25, 0.3) is 5.91 Å². The lowest BCUT2D eigenvalue weighted by Crippen LogP contribution is -2.34. The number of fused-ring (bicyclic) bond motifs is 1. The summed E-state index contributed by atoms with van der Waals surface area (Å²) in [5.74, 6) is -0.248. The smallest absolute Gasteiger partial charge is 0.338 e. The Morgan fingerprint density at radius 1 is 0.917 bits per heavy atom. The second-order valence-electron chi connectivity index (χ2n) is 8.36. The molecule has 0 aliphatic carbocycles. The van der Waals surface area contributed by atoms with E-state index in [-0.39, 0.29) is 19.1 Å². The Bertz CT molecular complexity index is 1410. The number of esters is 1. The lowest BCUT2D eigenvalue weighted by Gasteiger charge is -2.20. The van der Waals surface area contributed by atoms with Crippen molar-refractivity contribution in [3.63, 3.8) is 0 Å². The van der Waals surface area contributed by atoms with E-state index >= 15 is 0 Å². The summed E-state index contributed by atoms with van der Waals surface area (Å²) >= 11 is 0. The highest BCUT2D eigenvalue weighted by Gasteiger charge is 2.16. The van der Waals surface area contributed by atoms with Gasteiger partial charge >= 0.3 is 11.6 Å². The lowest BCUT2D eigenvalue weighted by molar-refractivity contribution is -0.134. The molecule has 0 N–H and O–H groups in total. The third-order valence-electron chi connectivity index (χ3n) is 5.80. The zero-order valence-electron chi connectivity index (χ0n) is 20.2. The number of hydrogen-bond acceptors (Lipinski definition) is 6. The third-order valence-corrected chi connectivity index (χ3v) is 5.80. The fourth-order valence-corrected chi connectivity index (χ4v) is 3.78. The van der Waals surface area contributed by atoms with E-state index in [4.69, 9.17) is 13.9 Å². The summed E-state index contributed by atoms with van der Waals surface area (Å²) in [6.07, 6.45) is 0. The van der Waals surface area contributed by atoms with Crippen LogP contribution < -0.4 is 10.4 Å². The molecule has 7 heteroatoms. The molecule has 36 heavy (non-hydrogen) atoms. The molecule has 0 fully saturated rings. The standard InChI is InChI=1S/C29H27NO6/c1-3-30(17-21-7-5-4-6-8-21)27(31)19-35-29(33)23-11-9-22(10-12-23)18-34-24-13-14-25-20(2)15-28(32)36-26(25)16-24/h4-16H,3,17-19H2,1-2H3. The highest BCUT2D eigenvalue weighted by molar-refractivity contribution is 5.91. The molecule has 3 aromatic carbocycles. The average molecular weight is 486 g/mol. The first kappa shape index (κ1) is 24.7. The number of likely N-dealkylation sites (N-methyl/N-ethyl adjacent to an activating group) is 1. The summed E-state index contributed by atoms with van der Waals surface area (Å²) in [7, 11) is 0. The van der Waals surface area contributed by atoms with Gasteiger partial charge in [-0.05, 0) is 54.8 Å². The topological polar surface area (TPSA) is 86.0 Å². The van der Waals surface area contributed by atoms with Crippen LogP contribution in [0.4, 0.5) is 0 Å². The number of aryl methyl sites for hydroxylation is 1. The summed E-state index contributed by atoms with van der Waals surface area (Å²) in [5, 5.41) is 0.852. The van der Waals surface area contributed by atoms with Gasteiger partial charge in [0.15, 0.2) is 6.61 Å². The number of rotatable bonds is 9. The molecule has 4 rings (SSSR count). The Kier molecular flexibility index (Phi) is 7.80. The second-order valence-corrected chi connectivity index (χ2v) is 8.36. The van der Waals surface area contributed by atoms with Crippen LogP contribution in [0.2, 0.25) is 0 Å². The van der Waals surface area contributed by atoms with Crippen molar-refractivity contribution < 1.29 is 23.5 Å². The SMILES string of the molecule is CCN(Cc1ccccc1)C(=O)COC(=O)c1ccc(COc2ccc3c(C)cc(=O)oc3c2)cc1. The van der Waals surface area contributed by atoms with Crippen molar-refractivity contribution in [1.29, 1.82) is 0 Å². The fourth-order valence-electron chi connectivity index (χ4n) is 3.78. The molecule has 0 bridgehead atoms. The molecule has 0 unspecified atom stereocenters. The van der Waals surface area contributed by atoms with E-state index in [9.17, 15) is 14.4 Å². The first-order chi connectivity index (χ1) is 17.4. The Hall–Kier alpha value is -4.39. The Morgan fingerprint density at radius 2 is 1.67 bits per heavy atom. The van der Waals surface area contributed by atoms with Gasteiger partial charge in [-0.1, -0.05) is 42.5 Å². The van der Waals surface area contributed by atoms with Crippen molar-refractivity contribution in [1.82, 2.24) is 4.90 Å². The van der Waals surface area contributed by atoms with Crippen LogP contribution in [-0.4, -0.2) is 29.9 Å². The van der Waals surface area contributed by atoms with Crippen molar-refractivity contribution in [2.24, 2.45) is 0 Å². The normalized spacial score (nSPS) is 10.7. The Balaban J connectivity index is 1.30. The Morgan fingerprint density at radius 3 is 2.39 bits per heavy atom. The molecule has 0 radical (unpaired) electrons.